The van der Waals surface area contributed by atoms with Crippen LogP contribution in [0.15, 0.2) is 18.2 Å². The van der Waals surface area contributed by atoms with Crippen LogP contribution in [0.2, 0.25) is 0 Å². The molecule has 1 aliphatic heterocycles. The van der Waals surface area contributed by atoms with Crippen LogP contribution in [0.3, 0.4) is 0 Å². The predicted molar refractivity (Wildman–Crippen MR) is 73.8 cm³/mol. The van der Waals surface area contributed by atoms with Crippen molar-refractivity contribution < 1.29 is 19.4 Å². The molecule has 1 N–H and O–H groups in total. The topological polar surface area (TPSA) is 66.8 Å². The molecular weight excluding hydrogens is 258 g/mol. The molecule has 0 aromatic heterocycles. The Morgan fingerprint density at radius 3 is 2.85 bits per heavy atom. The van der Waals surface area contributed by atoms with Gasteiger partial charge >= 0.3 is 5.97 Å². The standard InChI is InChI=1S/C15H19NO4/c1-10-5-3-7-13(11(10)2)20-9-14(17)16-8-4-6-12(16)15(18)19/h3,5,7,12H,4,6,8-9H2,1-2H3,(H,18,19)/t12-/m1/s1. The number of likely N-dealkylation sites (tertiary alicyclic amines) is 1. The number of amides is 1. The first-order chi connectivity index (χ1) is 9.50. The number of hydrogen-bond donors (Lipinski definition) is 1. The van der Waals surface area contributed by atoms with Crippen LogP contribution in [-0.4, -0.2) is 41.1 Å². The van der Waals surface area contributed by atoms with E-state index in [1.54, 1.807) is 0 Å². The van der Waals surface area contributed by atoms with E-state index in [1.807, 2.05) is 32.0 Å². The maximum Gasteiger partial charge on any atom is 0.326 e. The van der Waals surface area contributed by atoms with Crippen LogP contribution in [0.25, 0.3) is 0 Å². The molecule has 0 spiro atoms. The first kappa shape index (κ1) is 14.4. The largest absolute Gasteiger partial charge is 0.483 e. The first-order valence-corrected chi connectivity index (χ1v) is 6.72. The van der Waals surface area contributed by atoms with Crippen molar-refractivity contribution in [2.45, 2.75) is 32.7 Å². The Bertz CT molecular complexity index is 527. The van der Waals surface area contributed by atoms with Crippen LogP contribution in [0, 0.1) is 13.8 Å². The van der Waals surface area contributed by atoms with Crippen LogP contribution >= 0.6 is 0 Å². The van der Waals surface area contributed by atoms with E-state index in [9.17, 15) is 9.59 Å². The van der Waals surface area contributed by atoms with Gasteiger partial charge in [0.15, 0.2) is 6.61 Å². The number of carbonyl (C=O) groups is 2. The molecule has 108 valence electrons. The molecule has 1 amide bonds. The molecule has 20 heavy (non-hydrogen) atoms. The minimum Gasteiger partial charge on any atom is -0.483 e. The zero-order valence-electron chi connectivity index (χ0n) is 11.8. The van der Waals surface area contributed by atoms with Crippen molar-refractivity contribution in [1.82, 2.24) is 4.90 Å². The number of carbonyl (C=O) groups excluding carboxylic acids is 1. The van der Waals surface area contributed by atoms with Gasteiger partial charge in [0.05, 0.1) is 0 Å². The van der Waals surface area contributed by atoms with Crippen LogP contribution in [0.4, 0.5) is 0 Å². The second kappa shape index (κ2) is 5.94. The molecule has 2 rings (SSSR count). The molecule has 5 nitrogen and oxygen atoms in total. The highest BCUT2D eigenvalue weighted by atomic mass is 16.5. The summed E-state index contributed by atoms with van der Waals surface area (Å²) in [6, 6.07) is 4.96. The predicted octanol–water partition coefficient (Wildman–Crippen LogP) is 1.76. The van der Waals surface area contributed by atoms with Crippen molar-refractivity contribution in [3.63, 3.8) is 0 Å². The number of carboxylic acid groups (broad SMARTS) is 1. The van der Waals surface area contributed by atoms with Crippen molar-refractivity contribution in [2.24, 2.45) is 0 Å². The normalized spacial score (nSPS) is 18.1. The number of ether oxygens (including phenoxy) is 1. The van der Waals surface area contributed by atoms with Gasteiger partial charge in [-0.15, -0.1) is 0 Å². The first-order valence-electron chi connectivity index (χ1n) is 6.72. The lowest BCUT2D eigenvalue weighted by Gasteiger charge is -2.21. The van der Waals surface area contributed by atoms with Gasteiger partial charge < -0.3 is 14.7 Å². The minimum absolute atomic E-state index is 0.117. The molecule has 5 heteroatoms. The molecule has 1 aliphatic rings. The van der Waals surface area contributed by atoms with Crippen LogP contribution < -0.4 is 4.74 Å². The number of benzene rings is 1. The van der Waals surface area contributed by atoms with Crippen LogP contribution in [0.5, 0.6) is 5.75 Å². The Morgan fingerprint density at radius 1 is 1.40 bits per heavy atom. The van der Waals surface area contributed by atoms with Gasteiger partial charge in [-0.3, -0.25) is 4.79 Å². The smallest absolute Gasteiger partial charge is 0.326 e. The highest BCUT2D eigenvalue weighted by Gasteiger charge is 2.33. The summed E-state index contributed by atoms with van der Waals surface area (Å²) >= 11 is 0. The van der Waals surface area contributed by atoms with E-state index in [2.05, 4.69) is 0 Å². The average molecular weight is 277 g/mol. The van der Waals surface area contributed by atoms with Crippen molar-refractivity contribution in [3.05, 3.63) is 29.3 Å². The molecule has 1 atom stereocenters. The van der Waals surface area contributed by atoms with Crippen LogP contribution in [0.1, 0.15) is 24.0 Å². The Hall–Kier alpha value is -2.04. The Labute approximate surface area is 118 Å². The lowest BCUT2D eigenvalue weighted by Crippen LogP contribution is -2.42. The molecule has 0 bridgehead atoms. The minimum atomic E-state index is -0.942. The summed E-state index contributed by atoms with van der Waals surface area (Å²) < 4.78 is 5.54. The second-order valence-corrected chi connectivity index (χ2v) is 5.07. The summed E-state index contributed by atoms with van der Waals surface area (Å²) in [5, 5.41) is 9.06. The molecule has 1 saturated heterocycles. The van der Waals surface area contributed by atoms with E-state index in [0.717, 1.165) is 17.5 Å². The third-order valence-electron chi connectivity index (χ3n) is 3.76. The summed E-state index contributed by atoms with van der Waals surface area (Å²) in [5.74, 6) is -0.539. The second-order valence-electron chi connectivity index (χ2n) is 5.07. The van der Waals surface area contributed by atoms with E-state index in [4.69, 9.17) is 9.84 Å². The third-order valence-corrected chi connectivity index (χ3v) is 3.76. The molecule has 0 saturated carbocycles. The Balaban J connectivity index is 1.98. The van der Waals surface area contributed by atoms with Crippen molar-refractivity contribution in [3.8, 4) is 5.75 Å². The number of nitrogens with zero attached hydrogens (tertiary/aromatic N) is 1. The maximum absolute atomic E-state index is 12.1. The average Bonchev–Trinajstić information content (AvgIpc) is 2.89. The fraction of sp³-hybridized carbons (Fsp3) is 0.467. The fourth-order valence-electron chi connectivity index (χ4n) is 2.42. The third kappa shape index (κ3) is 2.92. The van der Waals surface area contributed by atoms with Gasteiger partial charge in [0.25, 0.3) is 5.91 Å². The molecule has 1 heterocycles. The molecule has 0 aliphatic carbocycles. The molecule has 1 fully saturated rings. The van der Waals surface area contributed by atoms with Gasteiger partial charge in [-0.25, -0.2) is 4.79 Å². The zero-order chi connectivity index (χ0) is 14.7. The van der Waals surface area contributed by atoms with Crippen molar-refractivity contribution in [2.75, 3.05) is 13.2 Å². The van der Waals surface area contributed by atoms with Crippen molar-refractivity contribution in [1.29, 1.82) is 0 Å². The lowest BCUT2D eigenvalue weighted by molar-refractivity contribution is -0.148. The fourth-order valence-corrected chi connectivity index (χ4v) is 2.42. The van der Waals surface area contributed by atoms with Gasteiger partial charge in [-0.05, 0) is 43.9 Å². The quantitative estimate of drug-likeness (QED) is 0.910. The highest BCUT2D eigenvalue weighted by Crippen LogP contribution is 2.22. The van der Waals surface area contributed by atoms with Crippen LogP contribution in [-0.2, 0) is 9.59 Å². The van der Waals surface area contributed by atoms with Gasteiger partial charge in [-0.2, -0.15) is 0 Å². The molecular formula is C15H19NO4. The van der Waals surface area contributed by atoms with Crippen molar-refractivity contribution >= 4 is 11.9 Å². The molecule has 1 aromatic carbocycles. The number of rotatable bonds is 4. The highest BCUT2D eigenvalue weighted by molar-refractivity contribution is 5.85. The Kier molecular flexibility index (Phi) is 4.27. The monoisotopic (exact) mass is 277 g/mol. The number of hydrogen-bond acceptors (Lipinski definition) is 3. The maximum atomic E-state index is 12.1. The van der Waals surface area contributed by atoms with Gasteiger partial charge in [-0.1, -0.05) is 12.1 Å². The van der Waals surface area contributed by atoms with E-state index in [-0.39, 0.29) is 12.5 Å². The lowest BCUT2D eigenvalue weighted by atomic mass is 10.1. The van der Waals surface area contributed by atoms with E-state index >= 15 is 0 Å². The SMILES string of the molecule is Cc1cccc(OCC(=O)N2CCC[C@@H]2C(=O)O)c1C. The molecule has 0 unspecified atom stereocenters. The summed E-state index contributed by atoms with van der Waals surface area (Å²) in [4.78, 5) is 24.5. The summed E-state index contributed by atoms with van der Waals surface area (Å²) in [7, 11) is 0. The van der Waals surface area contributed by atoms with E-state index in [1.165, 1.54) is 4.90 Å². The van der Waals surface area contributed by atoms with Gasteiger partial charge in [0.2, 0.25) is 0 Å². The molecule has 1 aromatic rings. The summed E-state index contributed by atoms with van der Waals surface area (Å²) in [6.07, 6.45) is 1.25. The Morgan fingerprint density at radius 2 is 2.15 bits per heavy atom. The number of carboxylic acids is 1. The van der Waals surface area contributed by atoms with E-state index in [0.29, 0.717) is 18.7 Å². The number of aryl methyl sites for hydroxylation is 1. The number of aliphatic carboxylic acids is 1. The summed E-state index contributed by atoms with van der Waals surface area (Å²) in [6.45, 7) is 4.29. The zero-order valence-corrected chi connectivity index (χ0v) is 11.8. The summed E-state index contributed by atoms with van der Waals surface area (Å²) in [5.41, 5.74) is 2.09. The molecule has 0 radical (unpaired) electrons. The van der Waals surface area contributed by atoms with E-state index < -0.39 is 12.0 Å². The van der Waals surface area contributed by atoms with Gasteiger partial charge in [0.1, 0.15) is 11.8 Å². The van der Waals surface area contributed by atoms with Gasteiger partial charge in [0, 0.05) is 6.54 Å².